The third kappa shape index (κ3) is 2.03. The molecule has 2 rings (SSSR count). The van der Waals surface area contributed by atoms with Crippen LogP contribution in [0.5, 0.6) is 0 Å². The van der Waals surface area contributed by atoms with Gasteiger partial charge in [0.15, 0.2) is 5.78 Å². The van der Waals surface area contributed by atoms with Crippen molar-refractivity contribution in [2.24, 2.45) is 5.92 Å². The molecule has 1 aliphatic rings. The zero-order valence-corrected chi connectivity index (χ0v) is 9.46. The van der Waals surface area contributed by atoms with E-state index in [9.17, 15) is 4.79 Å². The van der Waals surface area contributed by atoms with Crippen molar-refractivity contribution in [3.63, 3.8) is 0 Å². The Kier molecular flexibility index (Phi) is 2.96. The van der Waals surface area contributed by atoms with Crippen LogP contribution in [0, 0.1) is 5.92 Å². The lowest BCUT2D eigenvalue weighted by Crippen LogP contribution is -2.12. The number of rotatable bonds is 2. The molecule has 74 valence electrons. The zero-order chi connectivity index (χ0) is 9.97. The lowest BCUT2D eigenvalue weighted by atomic mass is 10.00. The second kappa shape index (κ2) is 4.22. The normalized spacial score (nSPS) is 17.2. The number of nitrogens with zero attached hydrogens (tertiary/aromatic N) is 1. The Morgan fingerprint density at radius 2 is 2.07 bits per heavy atom. The van der Waals surface area contributed by atoms with E-state index in [0.29, 0.717) is 5.69 Å². The number of halogens is 1. The van der Waals surface area contributed by atoms with Crippen LogP contribution >= 0.6 is 15.9 Å². The number of pyridine rings is 1. The minimum absolute atomic E-state index is 0.212. The van der Waals surface area contributed by atoms with Crippen LogP contribution in [0.4, 0.5) is 0 Å². The summed E-state index contributed by atoms with van der Waals surface area (Å²) in [5, 5.41) is 0. The molecule has 0 aliphatic heterocycles. The second-order valence-electron chi connectivity index (χ2n) is 3.69. The molecule has 1 saturated carbocycles. The first-order valence-corrected chi connectivity index (χ1v) is 5.73. The molecule has 1 heterocycles. The molecule has 14 heavy (non-hydrogen) atoms. The van der Waals surface area contributed by atoms with Crippen LogP contribution in [0.2, 0.25) is 0 Å². The van der Waals surface area contributed by atoms with Gasteiger partial charge in [0.2, 0.25) is 0 Å². The van der Waals surface area contributed by atoms with Crippen LogP contribution in [-0.2, 0) is 0 Å². The number of ketones is 1. The highest BCUT2D eigenvalue weighted by atomic mass is 79.9. The van der Waals surface area contributed by atoms with Gasteiger partial charge in [-0.05, 0) is 40.9 Å². The van der Waals surface area contributed by atoms with Crippen LogP contribution in [-0.4, -0.2) is 10.8 Å². The Morgan fingerprint density at radius 1 is 1.36 bits per heavy atom. The highest BCUT2D eigenvalue weighted by Gasteiger charge is 2.24. The van der Waals surface area contributed by atoms with Gasteiger partial charge in [-0.1, -0.05) is 18.9 Å². The maximum absolute atomic E-state index is 11.9. The molecule has 1 aromatic rings. The van der Waals surface area contributed by atoms with Gasteiger partial charge >= 0.3 is 0 Å². The molecule has 1 aliphatic carbocycles. The van der Waals surface area contributed by atoms with Crippen LogP contribution in [0.1, 0.15) is 36.2 Å². The van der Waals surface area contributed by atoms with Crippen molar-refractivity contribution in [3.8, 4) is 0 Å². The number of hydrogen-bond donors (Lipinski definition) is 0. The van der Waals surface area contributed by atoms with Crippen LogP contribution in [0.25, 0.3) is 0 Å². The van der Waals surface area contributed by atoms with Gasteiger partial charge in [-0.2, -0.15) is 0 Å². The summed E-state index contributed by atoms with van der Waals surface area (Å²) < 4.78 is 0.737. The molecule has 0 saturated heterocycles. The number of Topliss-reactive ketones (excluding diaryl/α,β-unsaturated/α-hetero) is 1. The van der Waals surface area contributed by atoms with Crippen LogP contribution in [0.3, 0.4) is 0 Å². The number of carbonyl (C=O) groups is 1. The van der Waals surface area contributed by atoms with Gasteiger partial charge in [0.1, 0.15) is 10.3 Å². The molecular weight excluding hydrogens is 242 g/mol. The quantitative estimate of drug-likeness (QED) is 0.599. The Morgan fingerprint density at radius 3 is 2.71 bits per heavy atom. The summed E-state index contributed by atoms with van der Waals surface area (Å²) in [6, 6.07) is 5.50. The Bertz CT molecular complexity index is 345. The second-order valence-corrected chi connectivity index (χ2v) is 4.50. The molecule has 0 atom stereocenters. The highest BCUT2D eigenvalue weighted by Crippen LogP contribution is 2.27. The number of carbonyl (C=O) groups excluding carboxylic acids is 1. The van der Waals surface area contributed by atoms with Gasteiger partial charge in [-0.25, -0.2) is 4.98 Å². The first-order valence-electron chi connectivity index (χ1n) is 4.94. The Hall–Kier alpha value is -0.700. The summed E-state index contributed by atoms with van der Waals surface area (Å²) in [6.45, 7) is 0. The van der Waals surface area contributed by atoms with Gasteiger partial charge in [0.05, 0.1) is 0 Å². The van der Waals surface area contributed by atoms with E-state index in [2.05, 4.69) is 20.9 Å². The molecule has 0 aromatic carbocycles. The van der Waals surface area contributed by atoms with Crippen molar-refractivity contribution >= 4 is 21.7 Å². The minimum atomic E-state index is 0.212. The summed E-state index contributed by atoms with van der Waals surface area (Å²) in [5.41, 5.74) is 0.603. The third-order valence-electron chi connectivity index (χ3n) is 2.69. The van der Waals surface area contributed by atoms with Crippen molar-refractivity contribution in [2.45, 2.75) is 25.7 Å². The molecule has 0 unspecified atom stereocenters. The monoisotopic (exact) mass is 253 g/mol. The van der Waals surface area contributed by atoms with Gasteiger partial charge < -0.3 is 0 Å². The van der Waals surface area contributed by atoms with Gasteiger partial charge in [0, 0.05) is 5.92 Å². The molecule has 1 aromatic heterocycles. The maximum atomic E-state index is 11.9. The molecule has 0 radical (unpaired) electrons. The van der Waals surface area contributed by atoms with E-state index in [-0.39, 0.29) is 11.7 Å². The average Bonchev–Trinajstić information content (AvgIpc) is 2.69. The molecule has 1 fully saturated rings. The molecule has 0 spiro atoms. The SMILES string of the molecule is O=C(c1cccc(Br)n1)C1CCCC1. The lowest BCUT2D eigenvalue weighted by molar-refractivity contribution is 0.0917. The smallest absolute Gasteiger partial charge is 0.184 e. The first kappa shape index (κ1) is 9.84. The van der Waals surface area contributed by atoms with Gasteiger partial charge in [-0.15, -0.1) is 0 Å². The first-order chi connectivity index (χ1) is 6.77. The minimum Gasteiger partial charge on any atom is -0.292 e. The topological polar surface area (TPSA) is 30.0 Å². The molecule has 0 bridgehead atoms. The zero-order valence-electron chi connectivity index (χ0n) is 7.87. The third-order valence-corrected chi connectivity index (χ3v) is 3.14. The van der Waals surface area contributed by atoms with Crippen molar-refractivity contribution in [1.29, 1.82) is 0 Å². The standard InChI is InChI=1S/C11H12BrNO/c12-10-7-3-6-9(13-10)11(14)8-4-1-2-5-8/h3,6-8H,1-2,4-5H2. The Balaban J connectivity index is 2.17. The molecule has 2 nitrogen and oxygen atoms in total. The van der Waals surface area contributed by atoms with Crippen LogP contribution < -0.4 is 0 Å². The fraction of sp³-hybridized carbons (Fsp3) is 0.455. The average molecular weight is 254 g/mol. The highest BCUT2D eigenvalue weighted by molar-refractivity contribution is 9.10. The largest absolute Gasteiger partial charge is 0.292 e. The van der Waals surface area contributed by atoms with E-state index in [1.54, 1.807) is 6.07 Å². The lowest BCUT2D eigenvalue weighted by Gasteiger charge is -2.06. The van der Waals surface area contributed by atoms with E-state index in [0.717, 1.165) is 17.4 Å². The number of hydrogen-bond acceptors (Lipinski definition) is 2. The van der Waals surface area contributed by atoms with Crippen LogP contribution in [0.15, 0.2) is 22.8 Å². The van der Waals surface area contributed by atoms with Crippen molar-refractivity contribution < 1.29 is 4.79 Å². The molecule has 0 amide bonds. The van der Waals surface area contributed by atoms with Crippen molar-refractivity contribution in [2.75, 3.05) is 0 Å². The predicted molar refractivity (Wildman–Crippen MR) is 58.2 cm³/mol. The van der Waals surface area contributed by atoms with Gasteiger partial charge in [0.25, 0.3) is 0 Å². The Labute approximate surface area is 91.9 Å². The fourth-order valence-corrected chi connectivity index (χ4v) is 2.29. The van der Waals surface area contributed by atoms with Crippen molar-refractivity contribution in [1.82, 2.24) is 4.98 Å². The number of aromatic nitrogens is 1. The fourth-order valence-electron chi connectivity index (χ4n) is 1.94. The van der Waals surface area contributed by atoms with E-state index in [1.165, 1.54) is 12.8 Å². The maximum Gasteiger partial charge on any atom is 0.184 e. The van der Waals surface area contributed by atoms with E-state index in [1.807, 2.05) is 12.1 Å². The van der Waals surface area contributed by atoms with Gasteiger partial charge in [-0.3, -0.25) is 4.79 Å². The van der Waals surface area contributed by atoms with Crippen molar-refractivity contribution in [3.05, 3.63) is 28.5 Å². The van der Waals surface area contributed by atoms with E-state index < -0.39 is 0 Å². The molecular formula is C11H12BrNO. The summed E-state index contributed by atoms with van der Waals surface area (Å²) in [5.74, 6) is 0.431. The summed E-state index contributed by atoms with van der Waals surface area (Å²) >= 11 is 3.28. The summed E-state index contributed by atoms with van der Waals surface area (Å²) in [7, 11) is 0. The van der Waals surface area contributed by atoms with E-state index in [4.69, 9.17) is 0 Å². The molecule has 0 N–H and O–H groups in total. The molecule has 3 heteroatoms. The summed E-state index contributed by atoms with van der Waals surface area (Å²) in [4.78, 5) is 16.1. The predicted octanol–water partition coefficient (Wildman–Crippen LogP) is 3.22. The summed E-state index contributed by atoms with van der Waals surface area (Å²) in [6.07, 6.45) is 4.44. The van der Waals surface area contributed by atoms with E-state index >= 15 is 0 Å².